The first-order valence-electron chi connectivity index (χ1n) is 10.8. The van der Waals surface area contributed by atoms with E-state index in [-0.39, 0.29) is 35.5 Å². The van der Waals surface area contributed by atoms with Crippen molar-refractivity contribution in [3.63, 3.8) is 0 Å². The Labute approximate surface area is 176 Å². The summed E-state index contributed by atoms with van der Waals surface area (Å²) in [6, 6.07) is 22.7. The molecule has 0 radical (unpaired) electrons. The summed E-state index contributed by atoms with van der Waals surface area (Å²) < 4.78 is 0. The van der Waals surface area contributed by atoms with Crippen molar-refractivity contribution < 1.29 is 9.59 Å². The molecule has 0 N–H and O–H groups in total. The van der Waals surface area contributed by atoms with Crippen LogP contribution in [0.15, 0.2) is 66.7 Å². The Morgan fingerprint density at radius 2 is 1.30 bits per heavy atom. The number of nitrogens with zero attached hydrogens (tertiary/aromatic N) is 1. The Bertz CT molecular complexity index is 1210. The molecule has 3 heteroatoms. The molecule has 3 aromatic carbocycles. The molecular weight excluding hydrogens is 370 g/mol. The highest BCUT2D eigenvalue weighted by atomic mass is 16.2. The second-order valence-electron chi connectivity index (χ2n) is 8.80. The smallest absolute Gasteiger partial charge is 0.238 e. The van der Waals surface area contributed by atoms with Crippen LogP contribution in [0.5, 0.6) is 0 Å². The maximum atomic E-state index is 13.7. The molecule has 0 unspecified atom stereocenters. The molecule has 30 heavy (non-hydrogen) atoms. The number of anilines is 1. The lowest BCUT2D eigenvalue weighted by Crippen LogP contribution is -2.41. The monoisotopic (exact) mass is 393 g/mol. The minimum Gasteiger partial charge on any atom is -0.274 e. The summed E-state index contributed by atoms with van der Waals surface area (Å²) in [7, 11) is 0. The van der Waals surface area contributed by atoms with Gasteiger partial charge >= 0.3 is 0 Å². The topological polar surface area (TPSA) is 37.4 Å². The average Bonchev–Trinajstić information content (AvgIpc) is 3.05. The van der Waals surface area contributed by atoms with Gasteiger partial charge in [0.2, 0.25) is 11.8 Å². The number of carbonyl (C=O) groups is 2. The zero-order valence-electron chi connectivity index (χ0n) is 17.1. The molecule has 2 amide bonds. The van der Waals surface area contributed by atoms with Gasteiger partial charge in [-0.05, 0) is 53.3 Å². The van der Waals surface area contributed by atoms with Gasteiger partial charge in [0.1, 0.15) is 0 Å². The fourth-order valence-corrected chi connectivity index (χ4v) is 5.95. The van der Waals surface area contributed by atoms with Gasteiger partial charge in [-0.15, -0.1) is 0 Å². The molecule has 4 aliphatic rings. The van der Waals surface area contributed by atoms with Crippen LogP contribution in [0.3, 0.4) is 0 Å². The van der Waals surface area contributed by atoms with E-state index in [1.165, 1.54) is 32.7 Å². The molecular formula is C27H23NO2. The van der Waals surface area contributed by atoms with Gasteiger partial charge in [-0.25, -0.2) is 4.90 Å². The molecule has 0 saturated carbocycles. The predicted molar refractivity (Wildman–Crippen MR) is 117 cm³/mol. The number of imide groups is 1. The molecule has 2 bridgehead atoms. The Balaban J connectivity index is 1.56. The van der Waals surface area contributed by atoms with Crippen molar-refractivity contribution in [3.8, 4) is 0 Å². The maximum absolute atomic E-state index is 13.7. The number of aryl methyl sites for hydroxylation is 2. The SMILES string of the molecule is CCc1ccc2c(c1)[C@@H]1c3ccccc3[C@@H]2[C@@H]2C(=O)N(c3ccc(C)cc3)C(=O)[C@H]12. The van der Waals surface area contributed by atoms with Crippen molar-refractivity contribution in [1.29, 1.82) is 0 Å². The van der Waals surface area contributed by atoms with E-state index in [1.807, 2.05) is 37.3 Å². The minimum atomic E-state index is -0.321. The Morgan fingerprint density at radius 3 is 1.90 bits per heavy atom. The summed E-state index contributed by atoms with van der Waals surface area (Å²) in [6.45, 7) is 4.17. The Morgan fingerprint density at radius 1 is 0.733 bits per heavy atom. The largest absolute Gasteiger partial charge is 0.274 e. The molecule has 1 aliphatic heterocycles. The van der Waals surface area contributed by atoms with Crippen LogP contribution in [-0.2, 0) is 16.0 Å². The van der Waals surface area contributed by atoms with Gasteiger partial charge in [0, 0.05) is 11.8 Å². The standard InChI is InChI=1S/C27H23NO2/c1-3-16-10-13-20-21(14-16)23-19-7-5-4-6-18(19)22(20)24-25(23)27(30)28(26(24)29)17-11-8-15(2)9-12-17/h4-14,22-25H,3H2,1-2H3/t22-,23-,24-,25+/m0/s1. The lowest BCUT2D eigenvalue weighted by atomic mass is 9.55. The molecule has 3 aromatic rings. The first kappa shape index (κ1) is 17.6. The van der Waals surface area contributed by atoms with E-state index in [0.717, 1.165) is 12.0 Å². The third kappa shape index (κ3) is 2.15. The van der Waals surface area contributed by atoms with E-state index in [2.05, 4.69) is 43.3 Å². The minimum absolute atomic E-state index is 0.0501. The van der Waals surface area contributed by atoms with Crippen molar-refractivity contribution >= 4 is 17.5 Å². The van der Waals surface area contributed by atoms with Gasteiger partial charge in [-0.3, -0.25) is 9.59 Å². The van der Waals surface area contributed by atoms with Gasteiger partial charge in [0.05, 0.1) is 17.5 Å². The van der Waals surface area contributed by atoms with E-state index in [1.54, 1.807) is 0 Å². The van der Waals surface area contributed by atoms with Crippen molar-refractivity contribution in [2.24, 2.45) is 11.8 Å². The second-order valence-corrected chi connectivity index (χ2v) is 8.80. The number of carbonyl (C=O) groups excluding carboxylic acids is 2. The van der Waals surface area contributed by atoms with Gasteiger partial charge in [-0.2, -0.15) is 0 Å². The fraction of sp³-hybridized carbons (Fsp3) is 0.259. The molecule has 148 valence electrons. The molecule has 0 aromatic heterocycles. The van der Waals surface area contributed by atoms with Crippen LogP contribution in [0.4, 0.5) is 5.69 Å². The van der Waals surface area contributed by atoms with E-state index in [9.17, 15) is 9.59 Å². The van der Waals surface area contributed by atoms with Crippen LogP contribution < -0.4 is 4.90 Å². The molecule has 0 spiro atoms. The van der Waals surface area contributed by atoms with Crippen LogP contribution in [0.25, 0.3) is 0 Å². The van der Waals surface area contributed by atoms with E-state index in [4.69, 9.17) is 0 Å². The summed E-state index contributed by atoms with van der Waals surface area (Å²) >= 11 is 0. The van der Waals surface area contributed by atoms with Crippen molar-refractivity contribution in [2.45, 2.75) is 32.1 Å². The first-order chi connectivity index (χ1) is 14.6. The second kappa shape index (κ2) is 6.15. The molecule has 3 aliphatic carbocycles. The van der Waals surface area contributed by atoms with Crippen molar-refractivity contribution in [2.75, 3.05) is 4.90 Å². The quantitative estimate of drug-likeness (QED) is 0.578. The summed E-state index contributed by atoms with van der Waals surface area (Å²) in [5, 5.41) is 0. The third-order valence-corrected chi connectivity index (χ3v) is 7.30. The number of amides is 2. The Hall–Kier alpha value is -3.20. The third-order valence-electron chi connectivity index (χ3n) is 7.30. The maximum Gasteiger partial charge on any atom is 0.238 e. The highest BCUT2D eigenvalue weighted by Gasteiger charge is 2.61. The number of hydrogen-bond donors (Lipinski definition) is 0. The number of hydrogen-bond acceptors (Lipinski definition) is 2. The molecule has 4 atom stereocenters. The van der Waals surface area contributed by atoms with Crippen LogP contribution in [0.2, 0.25) is 0 Å². The van der Waals surface area contributed by atoms with Gasteiger partial charge in [0.15, 0.2) is 0 Å². The summed E-state index contributed by atoms with van der Waals surface area (Å²) in [6.07, 6.45) is 0.961. The molecule has 3 nitrogen and oxygen atoms in total. The first-order valence-corrected chi connectivity index (χ1v) is 10.8. The molecule has 1 saturated heterocycles. The van der Waals surface area contributed by atoms with Crippen LogP contribution in [0.1, 0.15) is 52.1 Å². The Kier molecular flexibility index (Phi) is 3.62. The van der Waals surface area contributed by atoms with Crippen LogP contribution in [0, 0.1) is 18.8 Å². The zero-order valence-corrected chi connectivity index (χ0v) is 17.1. The summed E-state index contributed by atoms with van der Waals surface area (Å²) in [5.74, 6) is -0.847. The zero-order chi connectivity index (χ0) is 20.6. The van der Waals surface area contributed by atoms with Crippen molar-refractivity contribution in [1.82, 2.24) is 0 Å². The lowest BCUT2D eigenvalue weighted by Gasteiger charge is -2.46. The number of rotatable bonds is 2. The van der Waals surface area contributed by atoms with Gasteiger partial charge < -0.3 is 0 Å². The predicted octanol–water partition coefficient (Wildman–Crippen LogP) is 4.95. The van der Waals surface area contributed by atoms with E-state index >= 15 is 0 Å². The van der Waals surface area contributed by atoms with Crippen LogP contribution >= 0.6 is 0 Å². The summed E-state index contributed by atoms with van der Waals surface area (Å²) in [4.78, 5) is 28.8. The lowest BCUT2D eigenvalue weighted by molar-refractivity contribution is -0.122. The van der Waals surface area contributed by atoms with Crippen molar-refractivity contribution in [3.05, 3.63) is 100 Å². The molecule has 7 rings (SSSR count). The average molecular weight is 393 g/mol. The van der Waals surface area contributed by atoms with E-state index in [0.29, 0.717) is 5.69 Å². The van der Waals surface area contributed by atoms with Gasteiger partial charge in [0.25, 0.3) is 0 Å². The highest BCUT2D eigenvalue weighted by Crippen LogP contribution is 2.61. The van der Waals surface area contributed by atoms with Gasteiger partial charge in [-0.1, -0.05) is 67.1 Å². The number of benzene rings is 3. The normalized spacial score (nSPS) is 25.9. The fourth-order valence-electron chi connectivity index (χ4n) is 5.95. The summed E-state index contributed by atoms with van der Waals surface area (Å²) in [5.41, 5.74) is 7.98. The van der Waals surface area contributed by atoms with Crippen LogP contribution in [-0.4, -0.2) is 11.8 Å². The molecule has 1 heterocycles. The molecule has 1 fully saturated rings. The van der Waals surface area contributed by atoms with E-state index < -0.39 is 0 Å². The highest BCUT2D eigenvalue weighted by molar-refractivity contribution is 6.23.